The molecule has 2 unspecified atom stereocenters. The minimum atomic E-state index is 0.655. The van der Waals surface area contributed by atoms with Gasteiger partial charge in [0.2, 0.25) is 0 Å². The molecular weight excluding hydrogens is 211 g/mol. The summed E-state index contributed by atoms with van der Waals surface area (Å²) in [6, 6.07) is 13.1. The molecule has 0 bridgehead atoms. The van der Waals surface area contributed by atoms with E-state index in [4.69, 9.17) is 0 Å². The van der Waals surface area contributed by atoms with Crippen molar-refractivity contribution in [3.63, 3.8) is 0 Å². The van der Waals surface area contributed by atoms with Crippen LogP contribution in [0.3, 0.4) is 0 Å². The maximum Gasteiger partial charge on any atom is -0.0109 e. The number of benzene rings is 2. The molecule has 0 aromatic heterocycles. The van der Waals surface area contributed by atoms with Gasteiger partial charge in [-0.1, -0.05) is 56.7 Å². The van der Waals surface area contributed by atoms with Gasteiger partial charge in [0.25, 0.3) is 0 Å². The summed E-state index contributed by atoms with van der Waals surface area (Å²) in [6.45, 7) is 4.57. The van der Waals surface area contributed by atoms with Crippen LogP contribution in [0.25, 0.3) is 10.8 Å². The van der Waals surface area contributed by atoms with Crippen LogP contribution in [0.2, 0.25) is 0 Å². The van der Waals surface area contributed by atoms with Crippen LogP contribution >= 0.6 is 9.24 Å². The molecule has 0 nitrogen and oxygen atoms in total. The highest BCUT2D eigenvalue weighted by Crippen LogP contribution is 2.24. The minimum absolute atomic E-state index is 0.655. The molecule has 2 rings (SSSR count). The van der Waals surface area contributed by atoms with E-state index in [-0.39, 0.29) is 0 Å². The highest BCUT2D eigenvalue weighted by atomic mass is 31.0. The Balaban J connectivity index is 2.52. The molecule has 0 fully saturated rings. The van der Waals surface area contributed by atoms with Gasteiger partial charge in [-0.15, -0.1) is 9.24 Å². The molecule has 0 aliphatic rings. The van der Waals surface area contributed by atoms with Crippen molar-refractivity contribution in [1.82, 2.24) is 0 Å². The van der Waals surface area contributed by atoms with Crippen molar-refractivity contribution in [2.45, 2.75) is 32.6 Å². The van der Waals surface area contributed by atoms with Gasteiger partial charge in [-0.3, -0.25) is 0 Å². The molecule has 0 spiro atoms. The van der Waals surface area contributed by atoms with Crippen LogP contribution in [0, 0.1) is 0 Å². The first-order valence-electron chi connectivity index (χ1n) is 6.01. The molecule has 0 radical (unpaired) electrons. The van der Waals surface area contributed by atoms with E-state index in [0.29, 0.717) is 5.92 Å². The zero-order valence-corrected chi connectivity index (χ0v) is 11.2. The average Bonchev–Trinajstić information content (AvgIpc) is 2.30. The molecule has 2 aromatic carbocycles. The predicted octanol–water partition coefficient (Wildman–Crippen LogP) is 4.24. The van der Waals surface area contributed by atoms with Crippen molar-refractivity contribution in [2.75, 3.05) is 0 Å². The van der Waals surface area contributed by atoms with E-state index in [9.17, 15) is 0 Å². The van der Waals surface area contributed by atoms with Gasteiger partial charge < -0.3 is 0 Å². The summed E-state index contributed by atoms with van der Waals surface area (Å²) >= 11 is 0. The van der Waals surface area contributed by atoms with Gasteiger partial charge in [0.1, 0.15) is 0 Å². The molecule has 0 N–H and O–H groups in total. The Morgan fingerprint density at radius 2 is 1.88 bits per heavy atom. The Morgan fingerprint density at radius 3 is 2.62 bits per heavy atom. The van der Waals surface area contributed by atoms with E-state index >= 15 is 0 Å². The Bertz CT molecular complexity index is 488. The lowest BCUT2D eigenvalue weighted by Crippen LogP contribution is -2.06. The lowest BCUT2D eigenvalue weighted by molar-refractivity contribution is 0.668. The Labute approximate surface area is 100 Å². The summed E-state index contributed by atoms with van der Waals surface area (Å²) in [5, 5.41) is 4.08. The Morgan fingerprint density at radius 1 is 1.12 bits per heavy atom. The van der Waals surface area contributed by atoms with Gasteiger partial charge in [0.15, 0.2) is 0 Å². The van der Waals surface area contributed by atoms with Crippen molar-refractivity contribution in [2.24, 2.45) is 0 Å². The Kier molecular flexibility index (Phi) is 3.61. The quantitative estimate of drug-likeness (QED) is 0.692. The predicted molar refractivity (Wildman–Crippen MR) is 76.6 cm³/mol. The van der Waals surface area contributed by atoms with E-state index in [1.54, 1.807) is 0 Å². The van der Waals surface area contributed by atoms with Crippen molar-refractivity contribution in [3.05, 3.63) is 42.0 Å². The Hall–Kier alpha value is -0.870. The summed E-state index contributed by atoms with van der Waals surface area (Å²) in [5.41, 5.74) is 1.48. The number of fused-ring (bicyclic) bond motifs is 1. The average molecular weight is 230 g/mol. The molecule has 2 atom stereocenters. The molecule has 2 aromatic rings. The SMILES string of the molecule is CCCC(C)c1ccc2ccccc2c1P. The molecule has 0 aliphatic heterocycles. The van der Waals surface area contributed by atoms with Gasteiger partial charge in [-0.05, 0) is 34.0 Å². The van der Waals surface area contributed by atoms with Crippen LogP contribution in [-0.2, 0) is 0 Å². The largest absolute Gasteiger partial charge is 0.105 e. The lowest BCUT2D eigenvalue weighted by Gasteiger charge is -2.15. The molecule has 16 heavy (non-hydrogen) atoms. The van der Waals surface area contributed by atoms with Crippen LogP contribution in [0.15, 0.2) is 36.4 Å². The third kappa shape index (κ3) is 2.13. The standard InChI is InChI=1S/C15H19P/c1-3-6-11(2)13-10-9-12-7-4-5-8-14(12)15(13)16/h4-5,7-11H,3,6,16H2,1-2H3. The minimum Gasteiger partial charge on any atom is -0.105 e. The first-order valence-corrected chi connectivity index (χ1v) is 6.59. The molecule has 0 saturated heterocycles. The highest BCUT2D eigenvalue weighted by molar-refractivity contribution is 7.28. The molecule has 0 aliphatic carbocycles. The number of rotatable bonds is 3. The first-order chi connectivity index (χ1) is 7.74. The fourth-order valence-electron chi connectivity index (χ4n) is 2.33. The molecule has 0 amide bonds. The molecule has 0 saturated carbocycles. The van der Waals surface area contributed by atoms with E-state index in [0.717, 1.165) is 0 Å². The maximum absolute atomic E-state index is 2.92. The van der Waals surface area contributed by atoms with Gasteiger partial charge in [-0.25, -0.2) is 0 Å². The second-order valence-electron chi connectivity index (χ2n) is 4.48. The van der Waals surface area contributed by atoms with Crippen molar-refractivity contribution >= 4 is 25.3 Å². The van der Waals surface area contributed by atoms with Crippen molar-refractivity contribution < 1.29 is 0 Å². The zero-order chi connectivity index (χ0) is 11.5. The molecule has 1 heteroatoms. The third-order valence-corrected chi connectivity index (χ3v) is 3.90. The molecular formula is C15H19P. The van der Waals surface area contributed by atoms with E-state index < -0.39 is 0 Å². The smallest absolute Gasteiger partial charge is 0.0109 e. The normalized spacial score (nSPS) is 12.9. The summed E-state index contributed by atoms with van der Waals surface area (Å²) in [5.74, 6) is 0.655. The van der Waals surface area contributed by atoms with Crippen molar-refractivity contribution in [3.8, 4) is 0 Å². The van der Waals surface area contributed by atoms with Gasteiger partial charge in [0.05, 0.1) is 0 Å². The fraction of sp³-hybridized carbons (Fsp3) is 0.333. The maximum atomic E-state index is 2.92. The number of hydrogen-bond donors (Lipinski definition) is 0. The first kappa shape index (κ1) is 11.6. The van der Waals surface area contributed by atoms with E-state index in [2.05, 4.69) is 59.5 Å². The van der Waals surface area contributed by atoms with Crippen LogP contribution < -0.4 is 5.30 Å². The second-order valence-corrected chi connectivity index (χ2v) is 5.06. The lowest BCUT2D eigenvalue weighted by atomic mass is 9.94. The fourth-order valence-corrected chi connectivity index (χ4v) is 2.97. The summed E-state index contributed by atoms with van der Waals surface area (Å²) in [4.78, 5) is 0. The van der Waals surface area contributed by atoms with Crippen LogP contribution in [0.1, 0.15) is 38.2 Å². The highest BCUT2D eigenvalue weighted by Gasteiger charge is 2.09. The van der Waals surface area contributed by atoms with Gasteiger partial charge >= 0.3 is 0 Å². The zero-order valence-electron chi connectivity index (χ0n) is 10.0. The third-order valence-electron chi connectivity index (χ3n) is 3.26. The summed E-state index contributed by atoms with van der Waals surface area (Å²) in [6.07, 6.45) is 2.51. The number of hydrogen-bond acceptors (Lipinski definition) is 0. The summed E-state index contributed by atoms with van der Waals surface area (Å²) in [7, 11) is 2.92. The van der Waals surface area contributed by atoms with E-state index in [1.165, 1.54) is 34.5 Å². The topological polar surface area (TPSA) is 0 Å². The molecule has 84 valence electrons. The van der Waals surface area contributed by atoms with Crippen LogP contribution in [0.5, 0.6) is 0 Å². The van der Waals surface area contributed by atoms with Crippen molar-refractivity contribution in [1.29, 1.82) is 0 Å². The second kappa shape index (κ2) is 4.97. The van der Waals surface area contributed by atoms with Crippen LogP contribution in [-0.4, -0.2) is 0 Å². The van der Waals surface area contributed by atoms with Gasteiger partial charge in [-0.2, -0.15) is 0 Å². The van der Waals surface area contributed by atoms with Crippen LogP contribution in [0.4, 0.5) is 0 Å². The monoisotopic (exact) mass is 230 g/mol. The summed E-state index contributed by atoms with van der Waals surface area (Å²) < 4.78 is 0. The molecule has 0 heterocycles. The van der Waals surface area contributed by atoms with E-state index in [1.807, 2.05) is 0 Å². The van der Waals surface area contributed by atoms with Gasteiger partial charge in [0, 0.05) is 0 Å².